The Bertz CT molecular complexity index is 722. The van der Waals surface area contributed by atoms with E-state index in [1.807, 2.05) is 24.3 Å². The van der Waals surface area contributed by atoms with Gasteiger partial charge in [0, 0.05) is 6.20 Å². The van der Waals surface area contributed by atoms with Crippen LogP contribution in [-0.4, -0.2) is 29.7 Å². The Labute approximate surface area is 122 Å². The van der Waals surface area contributed by atoms with Crippen LogP contribution in [0, 0.1) is 6.92 Å². The average Bonchev–Trinajstić information content (AvgIpc) is 2.51. The van der Waals surface area contributed by atoms with E-state index in [1.165, 1.54) is 17.9 Å². The predicted molar refractivity (Wildman–Crippen MR) is 76.7 cm³/mol. The lowest BCUT2D eigenvalue weighted by molar-refractivity contribution is 0.0597. The van der Waals surface area contributed by atoms with E-state index in [0.717, 1.165) is 5.56 Å². The van der Waals surface area contributed by atoms with Gasteiger partial charge in [-0.2, -0.15) is 0 Å². The number of hydrogen-bond acceptors (Lipinski definition) is 5. The van der Waals surface area contributed by atoms with Crippen molar-refractivity contribution in [2.45, 2.75) is 13.5 Å². The van der Waals surface area contributed by atoms with Gasteiger partial charge in [-0.3, -0.25) is 9.36 Å². The van der Waals surface area contributed by atoms with Crippen LogP contribution < -0.4 is 10.3 Å². The lowest BCUT2D eigenvalue weighted by Gasteiger charge is -2.11. The van der Waals surface area contributed by atoms with Crippen molar-refractivity contribution in [2.75, 3.05) is 14.2 Å². The molecule has 1 aromatic heterocycles. The van der Waals surface area contributed by atoms with E-state index in [2.05, 4.69) is 9.72 Å². The Morgan fingerprint density at radius 1 is 1.33 bits per heavy atom. The van der Waals surface area contributed by atoms with Crippen LogP contribution in [0.3, 0.4) is 0 Å². The third-order valence-electron chi connectivity index (χ3n) is 3.13. The van der Waals surface area contributed by atoms with Gasteiger partial charge in [0.25, 0.3) is 5.56 Å². The first-order valence-corrected chi connectivity index (χ1v) is 6.34. The van der Waals surface area contributed by atoms with Crippen molar-refractivity contribution in [1.29, 1.82) is 0 Å². The van der Waals surface area contributed by atoms with Gasteiger partial charge in [-0.15, -0.1) is 0 Å². The number of ether oxygens (including phenoxy) is 2. The monoisotopic (exact) mass is 288 g/mol. The minimum atomic E-state index is -0.688. The van der Waals surface area contributed by atoms with Gasteiger partial charge < -0.3 is 9.47 Å². The Balaban J connectivity index is 2.43. The topological polar surface area (TPSA) is 70.4 Å². The molecule has 0 unspecified atom stereocenters. The molecule has 6 heteroatoms. The van der Waals surface area contributed by atoms with Gasteiger partial charge in [-0.25, -0.2) is 9.78 Å². The molecule has 0 aliphatic carbocycles. The van der Waals surface area contributed by atoms with Crippen LogP contribution in [0.25, 0.3) is 0 Å². The number of carbonyl (C=O) groups excluding carboxylic acids is 1. The molecular weight excluding hydrogens is 272 g/mol. The highest BCUT2D eigenvalue weighted by Crippen LogP contribution is 2.13. The number of hydrogen-bond donors (Lipinski definition) is 0. The molecule has 6 nitrogen and oxygen atoms in total. The van der Waals surface area contributed by atoms with Gasteiger partial charge in [-0.05, 0) is 24.6 Å². The third kappa shape index (κ3) is 3.10. The SMILES string of the molecule is COC(=O)c1cnc(C)n(Cc2cccc(OC)c2)c1=O. The Hall–Kier alpha value is -2.63. The summed E-state index contributed by atoms with van der Waals surface area (Å²) < 4.78 is 11.2. The van der Waals surface area contributed by atoms with E-state index in [1.54, 1.807) is 14.0 Å². The lowest BCUT2D eigenvalue weighted by atomic mass is 10.2. The van der Waals surface area contributed by atoms with Gasteiger partial charge in [0.05, 0.1) is 20.8 Å². The van der Waals surface area contributed by atoms with Gasteiger partial charge in [0.2, 0.25) is 0 Å². The number of methoxy groups -OCH3 is 2. The summed E-state index contributed by atoms with van der Waals surface area (Å²) in [6, 6.07) is 7.37. The molecule has 1 heterocycles. The smallest absolute Gasteiger partial charge is 0.345 e. The second kappa shape index (κ2) is 6.21. The van der Waals surface area contributed by atoms with Gasteiger partial charge in [0.1, 0.15) is 17.1 Å². The van der Waals surface area contributed by atoms with Crippen molar-refractivity contribution < 1.29 is 14.3 Å². The quantitative estimate of drug-likeness (QED) is 0.795. The minimum Gasteiger partial charge on any atom is -0.497 e. The van der Waals surface area contributed by atoms with Gasteiger partial charge in [-0.1, -0.05) is 12.1 Å². The van der Waals surface area contributed by atoms with Gasteiger partial charge in [0.15, 0.2) is 0 Å². The highest BCUT2D eigenvalue weighted by molar-refractivity contribution is 5.88. The van der Waals surface area contributed by atoms with Crippen molar-refractivity contribution >= 4 is 5.97 Å². The average molecular weight is 288 g/mol. The van der Waals surface area contributed by atoms with Crippen LogP contribution in [-0.2, 0) is 11.3 Å². The van der Waals surface area contributed by atoms with Crippen LogP contribution in [0.5, 0.6) is 5.75 Å². The molecule has 110 valence electrons. The maximum atomic E-state index is 12.3. The van der Waals surface area contributed by atoms with E-state index in [4.69, 9.17) is 4.74 Å². The molecule has 0 atom stereocenters. The maximum Gasteiger partial charge on any atom is 0.345 e. The first kappa shape index (κ1) is 14.8. The van der Waals surface area contributed by atoms with Gasteiger partial charge >= 0.3 is 5.97 Å². The maximum absolute atomic E-state index is 12.3. The van der Waals surface area contributed by atoms with Crippen molar-refractivity contribution in [3.05, 3.63) is 57.8 Å². The zero-order valence-corrected chi connectivity index (χ0v) is 12.1. The summed E-state index contributed by atoms with van der Waals surface area (Å²) in [4.78, 5) is 28.0. The highest BCUT2D eigenvalue weighted by atomic mass is 16.5. The summed E-state index contributed by atoms with van der Waals surface area (Å²) in [7, 11) is 2.81. The van der Waals surface area contributed by atoms with Crippen LogP contribution in [0.15, 0.2) is 35.3 Å². The largest absolute Gasteiger partial charge is 0.497 e. The molecule has 0 saturated carbocycles. The van der Waals surface area contributed by atoms with E-state index in [9.17, 15) is 9.59 Å². The first-order chi connectivity index (χ1) is 10.1. The summed E-state index contributed by atoms with van der Waals surface area (Å²) in [5.74, 6) is 0.539. The number of rotatable bonds is 4. The molecule has 0 N–H and O–H groups in total. The fourth-order valence-corrected chi connectivity index (χ4v) is 1.96. The van der Waals surface area contributed by atoms with Crippen molar-refractivity contribution in [1.82, 2.24) is 9.55 Å². The van der Waals surface area contributed by atoms with E-state index in [-0.39, 0.29) is 5.56 Å². The summed E-state index contributed by atoms with van der Waals surface area (Å²) >= 11 is 0. The minimum absolute atomic E-state index is 0.0778. The van der Waals surface area contributed by atoms with E-state index >= 15 is 0 Å². The molecule has 0 saturated heterocycles. The fourth-order valence-electron chi connectivity index (χ4n) is 1.96. The highest BCUT2D eigenvalue weighted by Gasteiger charge is 2.15. The molecule has 0 amide bonds. The molecule has 21 heavy (non-hydrogen) atoms. The molecule has 0 aliphatic rings. The molecule has 1 aromatic carbocycles. The third-order valence-corrected chi connectivity index (χ3v) is 3.13. The number of carbonyl (C=O) groups is 1. The fraction of sp³-hybridized carbons (Fsp3) is 0.267. The zero-order chi connectivity index (χ0) is 15.4. The molecule has 0 fully saturated rings. The second-order valence-electron chi connectivity index (χ2n) is 4.45. The molecule has 0 radical (unpaired) electrons. The molecule has 0 bridgehead atoms. The molecular formula is C15H16N2O4. The number of esters is 1. The summed E-state index contributed by atoms with van der Waals surface area (Å²) in [5.41, 5.74) is 0.381. The Kier molecular flexibility index (Phi) is 4.37. The normalized spacial score (nSPS) is 10.2. The molecule has 2 rings (SSSR count). The number of benzene rings is 1. The zero-order valence-electron chi connectivity index (χ0n) is 12.1. The number of aryl methyl sites for hydroxylation is 1. The second-order valence-corrected chi connectivity index (χ2v) is 4.45. The van der Waals surface area contributed by atoms with Crippen LogP contribution in [0.1, 0.15) is 21.7 Å². The Morgan fingerprint density at radius 2 is 2.10 bits per heavy atom. The van der Waals surface area contributed by atoms with Crippen molar-refractivity contribution in [2.24, 2.45) is 0 Å². The lowest BCUT2D eigenvalue weighted by Crippen LogP contribution is -2.30. The van der Waals surface area contributed by atoms with Crippen LogP contribution in [0.4, 0.5) is 0 Å². The number of nitrogens with zero attached hydrogens (tertiary/aromatic N) is 2. The molecule has 0 spiro atoms. The van der Waals surface area contributed by atoms with Crippen molar-refractivity contribution in [3.63, 3.8) is 0 Å². The first-order valence-electron chi connectivity index (χ1n) is 6.34. The molecule has 0 aliphatic heterocycles. The predicted octanol–water partition coefficient (Wildman–Crippen LogP) is 1.40. The van der Waals surface area contributed by atoms with E-state index < -0.39 is 11.5 Å². The summed E-state index contributed by atoms with van der Waals surface area (Å²) in [5, 5.41) is 0. The Morgan fingerprint density at radius 3 is 2.76 bits per heavy atom. The van der Waals surface area contributed by atoms with Crippen molar-refractivity contribution in [3.8, 4) is 5.75 Å². The standard InChI is InChI=1S/C15H16N2O4/c1-10-16-8-13(15(19)21-3)14(18)17(10)9-11-5-4-6-12(7-11)20-2/h4-8H,9H2,1-3H3. The molecule has 2 aromatic rings. The summed E-state index contributed by atoms with van der Waals surface area (Å²) in [6.07, 6.45) is 1.24. The number of aromatic nitrogens is 2. The van der Waals surface area contributed by atoms with E-state index in [0.29, 0.717) is 18.1 Å². The van der Waals surface area contributed by atoms with Crippen LogP contribution >= 0.6 is 0 Å². The summed E-state index contributed by atoms with van der Waals surface area (Å²) in [6.45, 7) is 2.02. The van der Waals surface area contributed by atoms with Crippen LogP contribution in [0.2, 0.25) is 0 Å².